The van der Waals surface area contributed by atoms with Crippen LogP contribution < -0.4 is 0 Å². The molecule has 1 nitrogen and oxygen atoms in total. The summed E-state index contributed by atoms with van der Waals surface area (Å²) in [6.07, 6.45) is 8.49. The maximum Gasteiger partial charge on any atom is 0.0868 e. The van der Waals surface area contributed by atoms with Crippen LogP contribution in [0.1, 0.15) is 75.5 Å². The van der Waals surface area contributed by atoms with Gasteiger partial charge >= 0.3 is 0 Å². The summed E-state index contributed by atoms with van der Waals surface area (Å²) < 4.78 is 0. The highest BCUT2D eigenvalue weighted by Crippen LogP contribution is 2.28. The molecule has 1 aromatic carbocycles. The fourth-order valence-electron chi connectivity index (χ4n) is 2.47. The molecule has 0 aliphatic carbocycles. The predicted molar refractivity (Wildman–Crippen MR) is 83.5 cm³/mol. The molecular formula is C18H30O. The lowest BCUT2D eigenvalue weighted by Gasteiger charge is -2.24. The fraction of sp³-hybridized carbons (Fsp3) is 0.667. The Morgan fingerprint density at radius 1 is 0.947 bits per heavy atom. The Bertz CT molecular complexity index is 379. The highest BCUT2D eigenvalue weighted by atomic mass is 16.3. The maximum absolute atomic E-state index is 10.6. The van der Waals surface area contributed by atoms with E-state index < -0.39 is 5.60 Å². The van der Waals surface area contributed by atoms with Crippen LogP contribution in [0.25, 0.3) is 0 Å². The summed E-state index contributed by atoms with van der Waals surface area (Å²) in [6.45, 7) is 8.41. The molecule has 0 saturated heterocycles. The zero-order valence-electron chi connectivity index (χ0n) is 13.1. The number of aryl methyl sites for hydroxylation is 2. The minimum atomic E-state index is -0.677. The van der Waals surface area contributed by atoms with Crippen molar-refractivity contribution in [3.63, 3.8) is 0 Å². The summed E-state index contributed by atoms with van der Waals surface area (Å²) in [5.41, 5.74) is 2.94. The number of aliphatic hydroxyl groups is 1. The quantitative estimate of drug-likeness (QED) is 0.633. The van der Waals surface area contributed by atoms with Crippen molar-refractivity contribution in [1.82, 2.24) is 0 Å². The van der Waals surface area contributed by atoms with E-state index in [-0.39, 0.29) is 0 Å². The summed E-state index contributed by atoms with van der Waals surface area (Å²) in [7, 11) is 0. The Morgan fingerprint density at radius 3 is 2.21 bits per heavy atom. The van der Waals surface area contributed by atoms with Gasteiger partial charge in [-0.2, -0.15) is 0 Å². The normalized spacial score (nSPS) is 14.4. The molecule has 0 bridgehead atoms. The van der Waals surface area contributed by atoms with E-state index in [1.54, 1.807) is 0 Å². The zero-order chi connectivity index (χ0) is 14.3. The van der Waals surface area contributed by atoms with Gasteiger partial charge in [-0.3, -0.25) is 0 Å². The second kappa shape index (κ2) is 7.69. The third-order valence-electron chi connectivity index (χ3n) is 4.15. The molecule has 0 spiro atoms. The highest BCUT2D eigenvalue weighted by molar-refractivity contribution is 5.32. The number of rotatable bonds is 8. The van der Waals surface area contributed by atoms with Crippen LogP contribution >= 0.6 is 0 Å². The van der Waals surface area contributed by atoms with Gasteiger partial charge in [0.2, 0.25) is 0 Å². The van der Waals surface area contributed by atoms with Crippen molar-refractivity contribution in [3.8, 4) is 0 Å². The Hall–Kier alpha value is -0.820. The van der Waals surface area contributed by atoms with Gasteiger partial charge in [0.05, 0.1) is 5.60 Å². The Morgan fingerprint density at radius 2 is 1.58 bits per heavy atom. The van der Waals surface area contributed by atoms with Crippen molar-refractivity contribution in [2.24, 2.45) is 0 Å². The molecule has 0 aliphatic heterocycles. The summed E-state index contributed by atoms with van der Waals surface area (Å²) in [4.78, 5) is 0. The van der Waals surface area contributed by atoms with Crippen LogP contribution in [0.5, 0.6) is 0 Å². The molecule has 0 saturated carbocycles. The van der Waals surface area contributed by atoms with Gasteiger partial charge in [0, 0.05) is 0 Å². The van der Waals surface area contributed by atoms with Crippen LogP contribution in [-0.4, -0.2) is 5.11 Å². The monoisotopic (exact) mass is 262 g/mol. The molecule has 1 atom stereocenters. The van der Waals surface area contributed by atoms with Crippen LogP contribution in [0.4, 0.5) is 0 Å². The lowest BCUT2D eigenvalue weighted by molar-refractivity contribution is 0.0447. The van der Waals surface area contributed by atoms with E-state index in [9.17, 15) is 5.11 Å². The molecule has 0 amide bonds. The van der Waals surface area contributed by atoms with Gasteiger partial charge in [0.1, 0.15) is 0 Å². The first-order valence-corrected chi connectivity index (χ1v) is 7.77. The first-order valence-electron chi connectivity index (χ1n) is 7.77. The lowest BCUT2D eigenvalue weighted by Crippen LogP contribution is -2.21. The van der Waals surface area contributed by atoms with Crippen molar-refractivity contribution in [2.75, 3.05) is 0 Å². The molecule has 1 unspecified atom stereocenters. The molecule has 19 heavy (non-hydrogen) atoms. The smallest absolute Gasteiger partial charge is 0.0868 e. The molecule has 0 heterocycles. The molecule has 0 aromatic heterocycles. The second-order valence-corrected chi connectivity index (χ2v) is 6.09. The van der Waals surface area contributed by atoms with Gasteiger partial charge in [-0.15, -0.1) is 0 Å². The lowest BCUT2D eigenvalue weighted by atomic mass is 9.88. The van der Waals surface area contributed by atoms with Crippen LogP contribution in [0, 0.1) is 13.8 Å². The van der Waals surface area contributed by atoms with E-state index in [1.807, 2.05) is 6.92 Å². The van der Waals surface area contributed by atoms with Gasteiger partial charge in [-0.25, -0.2) is 0 Å². The van der Waals surface area contributed by atoms with E-state index in [1.165, 1.54) is 43.2 Å². The topological polar surface area (TPSA) is 20.2 Å². The highest BCUT2D eigenvalue weighted by Gasteiger charge is 2.22. The van der Waals surface area contributed by atoms with Crippen molar-refractivity contribution < 1.29 is 5.11 Å². The first kappa shape index (κ1) is 16.2. The summed E-state index contributed by atoms with van der Waals surface area (Å²) in [5, 5.41) is 10.6. The maximum atomic E-state index is 10.6. The molecule has 0 fully saturated rings. The van der Waals surface area contributed by atoms with Crippen molar-refractivity contribution in [3.05, 3.63) is 34.9 Å². The van der Waals surface area contributed by atoms with E-state index in [0.717, 1.165) is 18.4 Å². The largest absolute Gasteiger partial charge is 0.385 e. The van der Waals surface area contributed by atoms with Gasteiger partial charge in [-0.1, -0.05) is 63.6 Å². The number of unbranched alkanes of at least 4 members (excludes halogenated alkanes) is 5. The number of benzene rings is 1. The summed E-state index contributed by atoms with van der Waals surface area (Å²) >= 11 is 0. The molecule has 1 aromatic rings. The minimum absolute atomic E-state index is 0.677. The van der Waals surface area contributed by atoms with E-state index in [0.29, 0.717) is 0 Å². The molecule has 1 N–H and O–H groups in total. The average Bonchev–Trinajstić information content (AvgIpc) is 2.36. The first-order chi connectivity index (χ1) is 8.97. The average molecular weight is 262 g/mol. The van der Waals surface area contributed by atoms with Crippen LogP contribution in [0.3, 0.4) is 0 Å². The van der Waals surface area contributed by atoms with Crippen LogP contribution in [-0.2, 0) is 5.60 Å². The van der Waals surface area contributed by atoms with Gasteiger partial charge in [-0.05, 0) is 43.9 Å². The molecule has 1 heteroatoms. The fourth-order valence-corrected chi connectivity index (χ4v) is 2.47. The van der Waals surface area contributed by atoms with Gasteiger partial charge in [0.25, 0.3) is 0 Å². The summed E-state index contributed by atoms with van der Waals surface area (Å²) in [5.74, 6) is 0. The molecule has 108 valence electrons. The Labute approximate surface area is 119 Å². The number of hydrogen-bond donors (Lipinski definition) is 1. The van der Waals surface area contributed by atoms with Crippen LogP contribution in [0.2, 0.25) is 0 Å². The van der Waals surface area contributed by atoms with Crippen molar-refractivity contribution in [1.29, 1.82) is 0 Å². The zero-order valence-corrected chi connectivity index (χ0v) is 13.1. The number of hydrogen-bond acceptors (Lipinski definition) is 1. The predicted octanol–water partition coefficient (Wildman–Crippen LogP) is 5.26. The van der Waals surface area contributed by atoms with E-state index >= 15 is 0 Å². The van der Waals surface area contributed by atoms with Crippen molar-refractivity contribution in [2.45, 2.75) is 78.2 Å². The third kappa shape index (κ3) is 5.36. The third-order valence-corrected chi connectivity index (χ3v) is 4.15. The van der Waals surface area contributed by atoms with Gasteiger partial charge in [0.15, 0.2) is 0 Å². The summed E-state index contributed by atoms with van der Waals surface area (Å²) in [6, 6.07) is 6.31. The SMILES string of the molecule is CCCCCCCCC(C)(O)c1ccc(C)c(C)c1. The molecule has 0 radical (unpaired) electrons. The van der Waals surface area contributed by atoms with E-state index in [4.69, 9.17) is 0 Å². The Balaban J connectivity index is 2.44. The van der Waals surface area contributed by atoms with Gasteiger partial charge < -0.3 is 5.11 Å². The van der Waals surface area contributed by atoms with E-state index in [2.05, 4.69) is 39.0 Å². The Kier molecular flexibility index (Phi) is 6.57. The molecule has 1 rings (SSSR count). The minimum Gasteiger partial charge on any atom is -0.385 e. The van der Waals surface area contributed by atoms with Crippen LogP contribution in [0.15, 0.2) is 18.2 Å². The standard InChI is InChI=1S/C18H30O/c1-5-6-7-8-9-10-13-18(4,19)17-12-11-15(2)16(3)14-17/h11-12,14,19H,5-10,13H2,1-4H3. The molecular weight excluding hydrogens is 232 g/mol. The van der Waals surface area contributed by atoms with Crippen molar-refractivity contribution >= 4 is 0 Å². The second-order valence-electron chi connectivity index (χ2n) is 6.09. The molecule has 0 aliphatic rings.